The Balaban J connectivity index is 0.000000214. The lowest BCUT2D eigenvalue weighted by Crippen LogP contribution is -2.56. The number of hydrogen-bond donors (Lipinski definition) is 4. The summed E-state index contributed by atoms with van der Waals surface area (Å²) in [7, 11) is 0. The predicted molar refractivity (Wildman–Crippen MR) is 301 cm³/mol. The summed E-state index contributed by atoms with van der Waals surface area (Å²) >= 11 is 4.83. The van der Waals surface area contributed by atoms with Crippen molar-refractivity contribution >= 4 is 17.3 Å². The van der Waals surface area contributed by atoms with Crippen LogP contribution in [0.2, 0.25) is 0 Å². The molecular formula is C63H113ClF3NO4. The summed E-state index contributed by atoms with van der Waals surface area (Å²) in [6, 6.07) is 0. The zero-order valence-corrected chi connectivity index (χ0v) is 48.5. The van der Waals surface area contributed by atoms with Gasteiger partial charge >= 0.3 is 0 Å². The number of fused-ring (bicyclic) bond motifs is 4. The van der Waals surface area contributed by atoms with Crippen molar-refractivity contribution in [2.24, 2.45) is 81.9 Å². The van der Waals surface area contributed by atoms with Crippen LogP contribution in [0.3, 0.4) is 0 Å². The first kappa shape index (κ1) is 65.4. The number of rotatable bonds is 2. The third-order valence-corrected chi connectivity index (χ3v) is 19.8. The lowest BCUT2D eigenvalue weighted by Gasteiger charge is -2.43. The van der Waals surface area contributed by atoms with Crippen LogP contribution in [-0.4, -0.2) is 69.2 Å². The van der Waals surface area contributed by atoms with Crippen LogP contribution in [0, 0.1) is 76.9 Å². The number of halogens is 4. The van der Waals surface area contributed by atoms with Gasteiger partial charge in [0.1, 0.15) is 0 Å². The minimum Gasteiger partial charge on any atom is -0.396 e. The number of aliphatic hydroxyl groups is 4. The van der Waals surface area contributed by atoms with E-state index in [1.165, 1.54) is 154 Å². The van der Waals surface area contributed by atoms with Crippen molar-refractivity contribution in [2.45, 2.75) is 272 Å². The van der Waals surface area contributed by atoms with Gasteiger partial charge in [0, 0.05) is 37.8 Å². The highest BCUT2D eigenvalue weighted by Gasteiger charge is 2.67. The molecule has 0 aromatic rings. The minimum absolute atomic E-state index is 0.00347. The van der Waals surface area contributed by atoms with Gasteiger partial charge in [-0.2, -0.15) is 0 Å². The van der Waals surface area contributed by atoms with Crippen LogP contribution >= 0.6 is 11.6 Å². The van der Waals surface area contributed by atoms with E-state index in [1.807, 2.05) is 0 Å². The molecule has 0 aromatic heterocycles. The van der Waals surface area contributed by atoms with E-state index >= 15 is 0 Å². The second kappa shape index (κ2) is 34.8. The molecular weight excluding hydrogens is 927 g/mol. The molecule has 0 spiro atoms. The van der Waals surface area contributed by atoms with E-state index in [1.54, 1.807) is 31.3 Å². The molecule has 8 unspecified atom stereocenters. The smallest absolute Gasteiger partial charge is 0.295 e. The molecule has 5 nitrogen and oxygen atoms in total. The molecule has 11 rings (SSSR count). The Hall–Kier alpha value is -0.930. The molecule has 8 saturated carbocycles. The van der Waals surface area contributed by atoms with E-state index in [0.29, 0.717) is 36.9 Å². The van der Waals surface area contributed by atoms with Gasteiger partial charge in [0.15, 0.2) is 0 Å². The summed E-state index contributed by atoms with van der Waals surface area (Å²) in [5.41, 5.74) is 2.92. The first-order chi connectivity index (χ1) is 34.2. The van der Waals surface area contributed by atoms with Gasteiger partial charge in [-0.05, 0) is 194 Å². The molecule has 1 aliphatic heterocycles. The second-order valence-electron chi connectivity index (χ2n) is 25.4. The Morgan fingerprint density at radius 3 is 1.26 bits per heavy atom. The second-order valence-corrected chi connectivity index (χ2v) is 26.0. The Labute approximate surface area is 446 Å². The van der Waals surface area contributed by atoms with Crippen LogP contribution in [-0.2, 0) is 0 Å². The SMILES string of the molecule is CC1=CCCCC1.CC1=NCCC1.CC1CC(F)(F)C1(F)Cl.CC1CC2C=CC1C2.CC1CC2CCC1C2.C[C@H]1CCCC[C@@H]1CO.C[C@H]1CCCC[C@@H]1O.C[C@H]1CCCC[C@H]1CO.C[C@H]1CCCC[C@H]1O. The highest BCUT2D eigenvalue weighted by Crippen LogP contribution is 2.56. The zero-order chi connectivity index (χ0) is 53.3. The quantitative estimate of drug-likeness (QED) is 0.164. The molecule has 0 radical (unpaired) electrons. The van der Waals surface area contributed by atoms with Crippen LogP contribution in [0.1, 0.15) is 249 Å². The van der Waals surface area contributed by atoms with Crippen LogP contribution in [0.15, 0.2) is 28.8 Å². The molecule has 4 N–H and O–H groups in total. The van der Waals surface area contributed by atoms with Gasteiger partial charge in [0.05, 0.1) is 12.2 Å². The summed E-state index contributed by atoms with van der Waals surface area (Å²) in [6.07, 6.45) is 44.0. The standard InChI is InChI=1S/2C8H16O.C8H14.C8H12.2C7H14O.C7H12.C5H6ClF3.C5H9N/c2*1-7-4-2-3-5-8(7)6-9;2*1-6-4-7-2-3-8(6)5-7;2*1-6-4-2-3-5-7(6)8;1-7-5-3-2-4-6-7;1-3-2-4(7,8)5(3,6)9;1-5-3-2-4-6-5/h2*7-9H,2-6H2,1H3;6-8H,2-5H2,1H3;2-3,6-8H,4-5H2,1H3;2*6-8H,2-5H2,1H3;5H,2-4,6H2,1H3;3H,2H2,1H3;2-4H2,1H3/t7-,8+;7-,8-;;;6-,7+;6-,7-;;;/m00..00.../s1. The van der Waals surface area contributed by atoms with Gasteiger partial charge in [0.25, 0.3) is 5.92 Å². The summed E-state index contributed by atoms with van der Waals surface area (Å²) in [4.78, 5) is 4.15. The highest BCUT2D eigenvalue weighted by atomic mass is 35.5. The van der Waals surface area contributed by atoms with E-state index in [0.717, 1.165) is 66.7 Å². The first-order valence-corrected chi connectivity index (χ1v) is 30.7. The van der Waals surface area contributed by atoms with Crippen molar-refractivity contribution in [3.63, 3.8) is 0 Å². The van der Waals surface area contributed by atoms with E-state index in [4.69, 9.17) is 21.8 Å². The van der Waals surface area contributed by atoms with Gasteiger partial charge in [-0.15, -0.1) is 0 Å². The fraction of sp³-hybridized carbons (Fsp3) is 0.921. The topological polar surface area (TPSA) is 93.3 Å². The molecule has 0 aromatic carbocycles. The van der Waals surface area contributed by atoms with Gasteiger partial charge in [-0.25, -0.2) is 13.2 Å². The molecule has 72 heavy (non-hydrogen) atoms. The largest absolute Gasteiger partial charge is 0.396 e. The van der Waals surface area contributed by atoms with Crippen molar-refractivity contribution in [3.8, 4) is 0 Å². The van der Waals surface area contributed by atoms with E-state index in [9.17, 15) is 23.4 Å². The van der Waals surface area contributed by atoms with Crippen molar-refractivity contribution in [2.75, 3.05) is 19.8 Å². The van der Waals surface area contributed by atoms with E-state index in [2.05, 4.69) is 78.6 Å². The number of hydrogen-bond acceptors (Lipinski definition) is 5. The monoisotopic (exact) mass is 1040 g/mol. The molecule has 0 saturated heterocycles. The summed E-state index contributed by atoms with van der Waals surface area (Å²) in [5.74, 6) is 6.11. The van der Waals surface area contributed by atoms with Crippen molar-refractivity contribution < 1.29 is 33.6 Å². The highest BCUT2D eigenvalue weighted by molar-refractivity contribution is 6.24. The van der Waals surface area contributed by atoms with Crippen LogP contribution in [0.5, 0.6) is 0 Å². The fourth-order valence-electron chi connectivity index (χ4n) is 13.1. The normalized spacial score (nSPS) is 39.4. The minimum atomic E-state index is -3.31. The summed E-state index contributed by atoms with van der Waals surface area (Å²) in [5, 5.41) is 33.3. The molecule has 11 aliphatic rings. The Morgan fingerprint density at radius 2 is 1.08 bits per heavy atom. The van der Waals surface area contributed by atoms with Crippen molar-refractivity contribution in [1.29, 1.82) is 0 Å². The van der Waals surface area contributed by atoms with Gasteiger partial charge in [0.2, 0.25) is 5.13 Å². The third kappa shape index (κ3) is 23.8. The van der Waals surface area contributed by atoms with Crippen LogP contribution in [0.25, 0.3) is 0 Å². The maximum absolute atomic E-state index is 12.4. The third-order valence-electron chi connectivity index (χ3n) is 19.1. The van der Waals surface area contributed by atoms with Crippen LogP contribution in [0.4, 0.5) is 13.2 Å². The summed E-state index contributed by atoms with van der Waals surface area (Å²) in [6.45, 7) is 21.1. The first-order valence-electron chi connectivity index (χ1n) is 30.4. The van der Waals surface area contributed by atoms with E-state index in [-0.39, 0.29) is 12.2 Å². The molecule has 422 valence electrons. The number of aliphatic imine (C=N–C) groups is 1. The molecule has 9 heteroatoms. The maximum Gasteiger partial charge on any atom is 0.295 e. The lowest BCUT2D eigenvalue weighted by atomic mass is 9.80. The van der Waals surface area contributed by atoms with Gasteiger partial charge in [-0.3, -0.25) is 4.99 Å². The molecule has 8 fully saturated rings. The number of nitrogens with zero attached hydrogens (tertiary/aromatic N) is 1. The maximum atomic E-state index is 12.4. The average Bonchev–Trinajstić information content (AvgIpc) is 4.24. The Bertz CT molecular complexity index is 1460. The van der Waals surface area contributed by atoms with E-state index < -0.39 is 23.4 Å². The Morgan fingerprint density at radius 1 is 0.556 bits per heavy atom. The summed E-state index contributed by atoms with van der Waals surface area (Å²) < 4.78 is 36.5. The van der Waals surface area contributed by atoms with Gasteiger partial charge in [-0.1, -0.05) is 154 Å². The molecule has 16 atom stereocenters. The van der Waals surface area contributed by atoms with Crippen molar-refractivity contribution in [3.05, 3.63) is 23.8 Å². The fourth-order valence-corrected chi connectivity index (χ4v) is 13.3. The number of alkyl halides is 4. The van der Waals surface area contributed by atoms with Crippen molar-refractivity contribution in [1.82, 2.24) is 0 Å². The molecule has 1 heterocycles. The number of allylic oxidation sites excluding steroid dienone is 4. The Kier molecular flexibility index (Phi) is 31.5. The molecule has 10 aliphatic carbocycles. The predicted octanol–water partition coefficient (Wildman–Crippen LogP) is 17.7. The van der Waals surface area contributed by atoms with Gasteiger partial charge < -0.3 is 20.4 Å². The van der Waals surface area contributed by atoms with Crippen LogP contribution < -0.4 is 0 Å². The zero-order valence-electron chi connectivity index (χ0n) is 47.8. The number of aliphatic hydroxyl groups excluding tert-OH is 4. The molecule has 4 bridgehead atoms. The molecule has 0 amide bonds. The average molecular weight is 1040 g/mol. The lowest BCUT2D eigenvalue weighted by molar-refractivity contribution is -0.201.